The summed E-state index contributed by atoms with van der Waals surface area (Å²) in [7, 11) is 1.89. The molecule has 11 unspecified atom stereocenters. The topological polar surface area (TPSA) is 131 Å². The van der Waals surface area contributed by atoms with E-state index in [9.17, 15) is 24.9 Å². The van der Waals surface area contributed by atoms with Crippen molar-refractivity contribution in [2.24, 2.45) is 45.3 Å². The number of aliphatic hydroxyl groups is 2. The minimum atomic E-state index is -0.668. The smallest absolute Gasteiger partial charge is 0.160 e. The molecule has 5 N–H and O–H groups in total. The Kier molecular flexibility index (Phi) is 10.5. The standard InChI is InChI=1S/C46H70N2O6/c1-26(49)24-48-34-22-46(8)37(44(6)21-32(40(53)42(2,3)39(34)44)29-17-27(25-47-9)18-30(50)19-29)16-15-33-38(36(52)23-45(33,46)7)31(28-13-11-10-12-14-28)20-35(51)41-43(4,5)54-41/h17-19,26,28,31-32,34-35,37,39,41,47-51H,10-16,20-25H2,1-9H3. The lowest BCUT2D eigenvalue weighted by atomic mass is 9.34. The third-order valence-electron chi connectivity index (χ3n) is 16.4. The van der Waals surface area contributed by atoms with Crippen LogP contribution >= 0.6 is 0 Å². The van der Waals surface area contributed by atoms with Crippen molar-refractivity contribution in [3.8, 4) is 5.75 Å². The number of epoxide rings is 1. The van der Waals surface area contributed by atoms with E-state index in [1.54, 1.807) is 12.1 Å². The van der Waals surface area contributed by atoms with Gasteiger partial charge in [0.25, 0.3) is 0 Å². The van der Waals surface area contributed by atoms with Gasteiger partial charge in [0.15, 0.2) is 5.78 Å². The third-order valence-corrected chi connectivity index (χ3v) is 16.4. The van der Waals surface area contributed by atoms with Crippen molar-refractivity contribution in [1.29, 1.82) is 0 Å². The highest BCUT2D eigenvalue weighted by molar-refractivity contribution is 6.01. The maximum absolute atomic E-state index is 14.8. The molecule has 8 nitrogen and oxygen atoms in total. The van der Waals surface area contributed by atoms with E-state index in [1.165, 1.54) is 24.8 Å². The number of rotatable bonds is 11. The number of carbonyl (C=O) groups is 2. The van der Waals surface area contributed by atoms with Crippen LogP contribution in [0.1, 0.15) is 143 Å². The van der Waals surface area contributed by atoms with Crippen molar-refractivity contribution in [3.63, 3.8) is 0 Å². The van der Waals surface area contributed by atoms with Crippen molar-refractivity contribution in [2.75, 3.05) is 13.6 Å². The minimum absolute atomic E-state index is 0.0254. The highest BCUT2D eigenvalue weighted by Crippen LogP contribution is 2.75. The second-order valence-corrected chi connectivity index (χ2v) is 20.6. The fraction of sp³-hybridized carbons (Fsp3) is 0.783. The fourth-order valence-corrected chi connectivity index (χ4v) is 14.1. The van der Waals surface area contributed by atoms with E-state index in [1.807, 2.05) is 27.8 Å². The van der Waals surface area contributed by atoms with E-state index in [4.69, 9.17) is 4.74 Å². The minimum Gasteiger partial charge on any atom is -0.508 e. The largest absolute Gasteiger partial charge is 0.508 e. The third kappa shape index (κ3) is 6.46. The molecular formula is C46H70N2O6. The summed E-state index contributed by atoms with van der Waals surface area (Å²) >= 11 is 0. The van der Waals surface area contributed by atoms with E-state index in [2.05, 4.69) is 51.3 Å². The lowest BCUT2D eigenvalue weighted by molar-refractivity contribution is -0.193. The zero-order chi connectivity index (χ0) is 39.2. The Morgan fingerprint density at radius 1 is 0.944 bits per heavy atom. The summed E-state index contributed by atoms with van der Waals surface area (Å²) in [6.07, 6.45) is 8.89. The molecule has 6 aliphatic rings. The van der Waals surface area contributed by atoms with Crippen LogP contribution in [0.4, 0.5) is 0 Å². The molecule has 54 heavy (non-hydrogen) atoms. The van der Waals surface area contributed by atoms with Gasteiger partial charge in [-0.05, 0) is 136 Å². The molecule has 0 aromatic heterocycles. The van der Waals surface area contributed by atoms with Gasteiger partial charge in [-0.25, -0.2) is 0 Å². The van der Waals surface area contributed by atoms with Gasteiger partial charge in [-0.3, -0.25) is 9.59 Å². The molecule has 1 aromatic rings. The molecule has 1 heterocycles. The van der Waals surface area contributed by atoms with Gasteiger partial charge in [0.2, 0.25) is 0 Å². The van der Waals surface area contributed by atoms with Crippen LogP contribution in [0.5, 0.6) is 5.75 Å². The predicted octanol–water partition coefficient (Wildman–Crippen LogP) is 7.38. The van der Waals surface area contributed by atoms with Gasteiger partial charge in [0.1, 0.15) is 17.6 Å². The molecule has 7 rings (SSSR count). The van der Waals surface area contributed by atoms with Crippen molar-refractivity contribution in [2.45, 2.75) is 168 Å². The number of hydrogen-bond acceptors (Lipinski definition) is 8. The Bertz CT molecular complexity index is 1660. The van der Waals surface area contributed by atoms with Crippen LogP contribution in [0, 0.1) is 45.3 Å². The number of phenols is 1. The molecule has 5 fully saturated rings. The number of fused-ring (bicyclic) bond motifs is 5. The second-order valence-electron chi connectivity index (χ2n) is 20.6. The van der Waals surface area contributed by atoms with Crippen LogP contribution in [0.3, 0.4) is 0 Å². The molecule has 0 radical (unpaired) electrons. The number of Topliss-reactive ketones (excluding diaryl/α,β-unsaturated/α-hetero) is 2. The summed E-state index contributed by atoms with van der Waals surface area (Å²) < 4.78 is 5.94. The molecule has 8 heteroatoms. The first-order valence-corrected chi connectivity index (χ1v) is 21.3. The van der Waals surface area contributed by atoms with Gasteiger partial charge < -0.3 is 30.7 Å². The molecule has 0 amide bonds. The van der Waals surface area contributed by atoms with E-state index in [0.717, 1.165) is 48.8 Å². The molecular weight excluding hydrogens is 677 g/mol. The number of phenolic OH excluding ortho intramolecular Hbond substituents is 1. The van der Waals surface area contributed by atoms with Crippen molar-refractivity contribution < 1.29 is 29.6 Å². The summed E-state index contributed by atoms with van der Waals surface area (Å²) in [5.41, 5.74) is 2.35. The molecule has 4 saturated carbocycles. The monoisotopic (exact) mass is 747 g/mol. The SMILES string of the molecule is CNCc1cc(O)cc(C2CC3(C)C(C(NCC(C)O)CC4(C)C3CCC3=C(C(CC(O)C5OC5(C)C)C5CCCCC5)C(=O)CC34C)C(C)(C)C2=O)c1. The van der Waals surface area contributed by atoms with E-state index >= 15 is 0 Å². The number of aromatic hydroxyl groups is 1. The summed E-state index contributed by atoms with van der Waals surface area (Å²) in [5.74, 6) is 1.03. The molecule has 1 saturated heterocycles. The molecule has 1 aliphatic heterocycles. The highest BCUT2D eigenvalue weighted by Gasteiger charge is 2.71. The van der Waals surface area contributed by atoms with Crippen molar-refractivity contribution in [3.05, 3.63) is 40.5 Å². The van der Waals surface area contributed by atoms with Gasteiger partial charge in [0.05, 0.1) is 17.8 Å². The van der Waals surface area contributed by atoms with Crippen LogP contribution in [-0.2, 0) is 20.9 Å². The number of aliphatic hydroxyl groups excluding tert-OH is 2. The van der Waals surface area contributed by atoms with Crippen LogP contribution < -0.4 is 10.6 Å². The molecule has 5 aliphatic carbocycles. The Hall–Kier alpha value is -2.10. The zero-order valence-electron chi connectivity index (χ0n) is 34.7. The number of hydrogen-bond donors (Lipinski definition) is 5. The number of allylic oxidation sites excluding steroid dienone is 2. The molecule has 11 atom stereocenters. The van der Waals surface area contributed by atoms with Crippen molar-refractivity contribution in [1.82, 2.24) is 10.6 Å². The van der Waals surface area contributed by atoms with Crippen LogP contribution in [0.2, 0.25) is 0 Å². The average Bonchev–Trinajstić information content (AvgIpc) is 3.65. The first kappa shape index (κ1) is 40.1. The highest BCUT2D eigenvalue weighted by atomic mass is 16.6. The number of carbonyl (C=O) groups excluding carboxylic acids is 2. The van der Waals surface area contributed by atoms with Crippen molar-refractivity contribution >= 4 is 11.6 Å². The fourth-order valence-electron chi connectivity index (χ4n) is 14.1. The molecule has 0 bridgehead atoms. The zero-order valence-corrected chi connectivity index (χ0v) is 34.7. The van der Waals surface area contributed by atoms with E-state index in [-0.39, 0.29) is 75.0 Å². The van der Waals surface area contributed by atoms with Gasteiger partial charge in [-0.15, -0.1) is 0 Å². The molecule has 300 valence electrons. The van der Waals surface area contributed by atoms with E-state index < -0.39 is 17.6 Å². The van der Waals surface area contributed by atoms with Gasteiger partial charge in [-0.2, -0.15) is 0 Å². The van der Waals surface area contributed by atoms with Gasteiger partial charge in [0, 0.05) is 42.3 Å². The van der Waals surface area contributed by atoms with Crippen LogP contribution in [0.15, 0.2) is 29.3 Å². The normalized spacial score (nSPS) is 39.1. The average molecular weight is 747 g/mol. The molecule has 0 spiro atoms. The number of ether oxygens (including phenoxy) is 1. The van der Waals surface area contributed by atoms with Gasteiger partial charge in [-0.1, -0.05) is 65.5 Å². The van der Waals surface area contributed by atoms with Crippen LogP contribution in [-0.4, -0.2) is 70.4 Å². The molecule has 1 aromatic carbocycles. The van der Waals surface area contributed by atoms with Crippen LogP contribution in [0.25, 0.3) is 0 Å². The second kappa shape index (κ2) is 14.1. The number of benzene rings is 1. The Morgan fingerprint density at radius 2 is 1.63 bits per heavy atom. The van der Waals surface area contributed by atoms with Gasteiger partial charge >= 0.3 is 0 Å². The maximum atomic E-state index is 14.8. The summed E-state index contributed by atoms with van der Waals surface area (Å²) in [4.78, 5) is 29.6. The predicted molar refractivity (Wildman–Crippen MR) is 212 cm³/mol. The first-order chi connectivity index (χ1) is 25.3. The summed E-state index contributed by atoms with van der Waals surface area (Å²) in [5, 5.41) is 40.0. The Balaban J connectivity index is 1.32. The number of nitrogens with one attached hydrogen (secondary N) is 2. The quantitative estimate of drug-likeness (QED) is 0.148. The Labute approximate surface area is 324 Å². The Morgan fingerprint density at radius 3 is 2.26 bits per heavy atom. The maximum Gasteiger partial charge on any atom is 0.160 e. The first-order valence-electron chi connectivity index (χ1n) is 21.3. The number of ketones is 2. The van der Waals surface area contributed by atoms with E-state index in [0.29, 0.717) is 38.3 Å². The summed E-state index contributed by atoms with van der Waals surface area (Å²) in [6.45, 7) is 18.5. The lowest BCUT2D eigenvalue weighted by Crippen LogP contribution is -2.69. The lowest BCUT2D eigenvalue weighted by Gasteiger charge is -2.70. The summed E-state index contributed by atoms with van der Waals surface area (Å²) in [6, 6.07) is 5.64.